The Hall–Kier alpha value is -2.94. The molecular formula is C28H28F3N3OS. The molecule has 0 unspecified atom stereocenters. The normalized spacial score (nSPS) is 19.0. The number of piperidine rings is 1. The van der Waals surface area contributed by atoms with Gasteiger partial charge in [-0.25, -0.2) is 4.98 Å². The Labute approximate surface area is 212 Å². The van der Waals surface area contributed by atoms with Crippen molar-refractivity contribution in [2.45, 2.75) is 44.3 Å². The number of hydrogen-bond acceptors (Lipinski definition) is 5. The number of hydrogen-bond donors (Lipinski definition) is 1. The maximum absolute atomic E-state index is 13.0. The lowest BCUT2D eigenvalue weighted by molar-refractivity contribution is -0.126. The Morgan fingerprint density at radius 3 is 2.44 bits per heavy atom. The highest BCUT2D eigenvalue weighted by Gasteiger charge is 2.32. The minimum absolute atomic E-state index is 0.0253. The molecule has 4 aromatic rings. The van der Waals surface area contributed by atoms with Gasteiger partial charge in [-0.05, 0) is 29.7 Å². The molecule has 4 nitrogen and oxygen atoms in total. The number of ether oxygens (including phenoxy) is 1. The summed E-state index contributed by atoms with van der Waals surface area (Å²) in [5, 5.41) is 4.34. The van der Waals surface area contributed by atoms with Crippen molar-refractivity contribution < 1.29 is 17.9 Å². The third-order valence-electron chi connectivity index (χ3n) is 6.40. The lowest BCUT2D eigenvalue weighted by Crippen LogP contribution is -2.50. The van der Waals surface area contributed by atoms with Crippen molar-refractivity contribution in [3.8, 4) is 0 Å². The average molecular weight is 512 g/mol. The predicted molar refractivity (Wildman–Crippen MR) is 138 cm³/mol. The third kappa shape index (κ3) is 6.43. The molecule has 3 heterocycles. The van der Waals surface area contributed by atoms with Crippen LogP contribution in [0.5, 0.6) is 0 Å². The van der Waals surface area contributed by atoms with Crippen LogP contribution in [0.25, 0.3) is 10.2 Å². The Morgan fingerprint density at radius 1 is 1.00 bits per heavy atom. The Balaban J connectivity index is 1.34. The molecule has 5 rings (SSSR count). The number of nitrogens with one attached hydrogen (secondary N) is 1. The summed E-state index contributed by atoms with van der Waals surface area (Å²) in [6.45, 7) is 3.01. The minimum atomic E-state index is -4.24. The molecule has 8 heteroatoms. The first kappa shape index (κ1) is 24.7. The van der Waals surface area contributed by atoms with Crippen LogP contribution in [0, 0.1) is 0 Å². The van der Waals surface area contributed by atoms with Gasteiger partial charge in [-0.1, -0.05) is 60.7 Å². The highest BCUT2D eigenvalue weighted by atomic mass is 32.1. The van der Waals surface area contributed by atoms with Gasteiger partial charge in [0.15, 0.2) is 0 Å². The lowest BCUT2D eigenvalue weighted by Gasteiger charge is -2.39. The van der Waals surface area contributed by atoms with Gasteiger partial charge in [0, 0.05) is 41.8 Å². The SMILES string of the molecule is FC(F)(F)Cc1cc2c(N[C@H]3CCN(Cc4ccccc4)C[C@@H]3OCc3ccccc3)ccnc2s1. The standard InChI is InChI=1S/C28H28F3N3OS/c29-28(30,31)16-22-15-23-24(11-13-32-27(23)36-22)33-25-12-14-34(17-20-7-3-1-4-8-20)18-26(25)35-19-21-9-5-2-6-10-21/h1-11,13,15,25-26H,12,14,16-19H2,(H,32,33)/t25-,26-/m0/s1. The highest BCUT2D eigenvalue weighted by Crippen LogP contribution is 2.34. The number of halogens is 3. The molecule has 2 aromatic heterocycles. The van der Waals surface area contributed by atoms with Gasteiger partial charge in [-0.3, -0.25) is 4.90 Å². The zero-order valence-electron chi connectivity index (χ0n) is 19.7. The summed E-state index contributed by atoms with van der Waals surface area (Å²) in [6, 6.07) is 24.0. The fourth-order valence-corrected chi connectivity index (χ4v) is 5.73. The monoisotopic (exact) mass is 511 g/mol. The number of anilines is 1. The average Bonchev–Trinajstić information content (AvgIpc) is 3.27. The van der Waals surface area contributed by atoms with Crippen LogP contribution in [0.4, 0.5) is 18.9 Å². The van der Waals surface area contributed by atoms with Crippen LogP contribution in [0.15, 0.2) is 79.0 Å². The van der Waals surface area contributed by atoms with Crippen LogP contribution in [0.3, 0.4) is 0 Å². The smallest absolute Gasteiger partial charge is 0.379 e. The summed E-state index contributed by atoms with van der Waals surface area (Å²) in [7, 11) is 0. The van der Waals surface area contributed by atoms with Crippen LogP contribution in [-0.4, -0.2) is 41.3 Å². The number of rotatable bonds is 8. The van der Waals surface area contributed by atoms with Crippen molar-refractivity contribution in [3.05, 3.63) is 95.0 Å². The number of alkyl halides is 3. The van der Waals surface area contributed by atoms with Crippen molar-refractivity contribution in [2.75, 3.05) is 18.4 Å². The van der Waals surface area contributed by atoms with Crippen molar-refractivity contribution in [1.29, 1.82) is 0 Å². The molecule has 1 saturated heterocycles. The number of likely N-dealkylation sites (tertiary alicyclic amines) is 1. The van der Waals surface area contributed by atoms with Gasteiger partial charge in [0.1, 0.15) is 4.83 Å². The summed E-state index contributed by atoms with van der Waals surface area (Å²) < 4.78 is 45.3. The second-order valence-corrected chi connectivity index (χ2v) is 10.3. The van der Waals surface area contributed by atoms with E-state index in [9.17, 15) is 13.2 Å². The van der Waals surface area contributed by atoms with Gasteiger partial charge < -0.3 is 10.1 Å². The van der Waals surface area contributed by atoms with Crippen molar-refractivity contribution >= 4 is 27.2 Å². The molecule has 1 fully saturated rings. The van der Waals surface area contributed by atoms with Crippen LogP contribution in [-0.2, 0) is 24.3 Å². The predicted octanol–water partition coefficient (Wildman–Crippen LogP) is 6.67. The minimum Gasteiger partial charge on any atom is -0.379 e. The maximum atomic E-state index is 13.0. The molecule has 1 N–H and O–H groups in total. The van der Waals surface area contributed by atoms with Crippen molar-refractivity contribution in [2.24, 2.45) is 0 Å². The number of aromatic nitrogens is 1. The number of thiophene rings is 1. The van der Waals surface area contributed by atoms with E-state index >= 15 is 0 Å². The molecule has 0 bridgehead atoms. The molecule has 1 aliphatic rings. The highest BCUT2D eigenvalue weighted by molar-refractivity contribution is 7.18. The maximum Gasteiger partial charge on any atom is 0.393 e. The first-order valence-corrected chi connectivity index (χ1v) is 12.9. The van der Waals surface area contributed by atoms with E-state index in [2.05, 4.69) is 39.5 Å². The van der Waals surface area contributed by atoms with Gasteiger partial charge in [0.05, 0.1) is 25.2 Å². The zero-order valence-corrected chi connectivity index (χ0v) is 20.6. The molecule has 2 aromatic carbocycles. The third-order valence-corrected chi connectivity index (χ3v) is 7.44. The molecule has 0 radical (unpaired) electrons. The Morgan fingerprint density at radius 2 is 1.72 bits per heavy atom. The molecule has 2 atom stereocenters. The summed E-state index contributed by atoms with van der Waals surface area (Å²) in [5.41, 5.74) is 3.17. The molecule has 36 heavy (non-hydrogen) atoms. The molecule has 188 valence electrons. The van der Waals surface area contributed by atoms with Gasteiger partial charge >= 0.3 is 6.18 Å². The van der Waals surface area contributed by atoms with E-state index < -0.39 is 12.6 Å². The molecule has 1 aliphatic heterocycles. The Bertz CT molecular complexity index is 1260. The molecule has 0 spiro atoms. The Kier molecular flexibility index (Phi) is 7.55. The fourth-order valence-electron chi connectivity index (χ4n) is 4.68. The van der Waals surface area contributed by atoms with Gasteiger partial charge in [-0.15, -0.1) is 11.3 Å². The lowest BCUT2D eigenvalue weighted by atomic mass is 10.00. The summed E-state index contributed by atoms with van der Waals surface area (Å²) >= 11 is 1.10. The van der Waals surface area contributed by atoms with Crippen molar-refractivity contribution in [3.63, 3.8) is 0 Å². The molecular weight excluding hydrogens is 483 g/mol. The largest absolute Gasteiger partial charge is 0.393 e. The van der Waals surface area contributed by atoms with Crippen LogP contribution < -0.4 is 5.32 Å². The van der Waals surface area contributed by atoms with E-state index in [1.807, 2.05) is 42.5 Å². The molecule has 0 saturated carbocycles. The topological polar surface area (TPSA) is 37.4 Å². The first-order chi connectivity index (χ1) is 17.4. The van der Waals surface area contributed by atoms with E-state index in [-0.39, 0.29) is 17.0 Å². The number of pyridine rings is 1. The van der Waals surface area contributed by atoms with E-state index in [0.717, 1.165) is 54.0 Å². The van der Waals surface area contributed by atoms with E-state index in [1.54, 1.807) is 12.3 Å². The summed E-state index contributed by atoms with van der Waals surface area (Å²) in [4.78, 5) is 7.60. The summed E-state index contributed by atoms with van der Waals surface area (Å²) in [6.07, 6.45) is -2.75. The number of fused-ring (bicyclic) bond motifs is 1. The summed E-state index contributed by atoms with van der Waals surface area (Å²) in [5.74, 6) is 0. The van der Waals surface area contributed by atoms with Gasteiger partial charge in [0.25, 0.3) is 0 Å². The van der Waals surface area contributed by atoms with Gasteiger partial charge in [0.2, 0.25) is 0 Å². The van der Waals surface area contributed by atoms with Gasteiger partial charge in [-0.2, -0.15) is 13.2 Å². The van der Waals surface area contributed by atoms with Crippen molar-refractivity contribution in [1.82, 2.24) is 9.88 Å². The van der Waals surface area contributed by atoms with E-state index in [0.29, 0.717) is 11.4 Å². The van der Waals surface area contributed by atoms with E-state index in [4.69, 9.17) is 4.74 Å². The van der Waals surface area contributed by atoms with Crippen LogP contribution in [0.2, 0.25) is 0 Å². The van der Waals surface area contributed by atoms with Crippen LogP contribution in [0.1, 0.15) is 22.4 Å². The second kappa shape index (κ2) is 11.0. The fraction of sp³-hybridized carbons (Fsp3) is 0.321. The first-order valence-electron chi connectivity index (χ1n) is 12.1. The zero-order chi connectivity index (χ0) is 25.0. The van der Waals surface area contributed by atoms with Crippen LogP contribution >= 0.6 is 11.3 Å². The molecule has 0 aliphatic carbocycles. The quantitative estimate of drug-likeness (QED) is 0.287. The number of benzene rings is 2. The molecule has 0 amide bonds. The number of nitrogens with zero attached hydrogens (tertiary/aromatic N) is 2. The second-order valence-electron chi connectivity index (χ2n) is 9.18. The van der Waals surface area contributed by atoms with E-state index in [1.165, 1.54) is 5.56 Å².